The molecular formula is C24H30N4O3S. The molecule has 0 spiro atoms. The zero-order chi connectivity index (χ0) is 22.7. The van der Waals surface area contributed by atoms with Crippen molar-refractivity contribution in [1.82, 2.24) is 19.4 Å². The van der Waals surface area contributed by atoms with Crippen LogP contribution in [0.5, 0.6) is 0 Å². The van der Waals surface area contributed by atoms with Crippen molar-refractivity contribution in [3.05, 3.63) is 59.9 Å². The van der Waals surface area contributed by atoms with Crippen LogP contribution in [0.15, 0.2) is 53.4 Å². The molecule has 0 saturated carbocycles. The summed E-state index contributed by atoms with van der Waals surface area (Å²) in [7, 11) is -3.56. The molecule has 4 rings (SSSR count). The number of aryl methyl sites for hydroxylation is 3. The van der Waals surface area contributed by atoms with Crippen LogP contribution in [0.1, 0.15) is 30.7 Å². The lowest BCUT2D eigenvalue weighted by Gasteiger charge is -2.30. The Hall–Kier alpha value is -2.71. The topological polar surface area (TPSA) is 84.3 Å². The molecule has 2 aromatic carbocycles. The Kier molecular flexibility index (Phi) is 6.62. The Labute approximate surface area is 189 Å². The second-order valence-electron chi connectivity index (χ2n) is 8.48. The van der Waals surface area contributed by atoms with Gasteiger partial charge in [-0.3, -0.25) is 9.48 Å². The molecule has 0 radical (unpaired) electrons. The third-order valence-corrected chi connectivity index (χ3v) is 8.03. The third kappa shape index (κ3) is 4.86. The quantitative estimate of drug-likeness (QED) is 0.556. The zero-order valence-electron chi connectivity index (χ0n) is 18.6. The van der Waals surface area contributed by atoms with Gasteiger partial charge in [-0.1, -0.05) is 30.3 Å². The molecule has 1 aliphatic heterocycles. The van der Waals surface area contributed by atoms with Crippen LogP contribution in [0, 0.1) is 19.8 Å². The maximum Gasteiger partial charge on any atom is 0.243 e. The van der Waals surface area contributed by atoms with Crippen molar-refractivity contribution in [2.45, 2.75) is 44.6 Å². The zero-order valence-corrected chi connectivity index (χ0v) is 19.4. The molecule has 1 amide bonds. The summed E-state index contributed by atoms with van der Waals surface area (Å²) in [5.41, 5.74) is 2.12. The van der Waals surface area contributed by atoms with Gasteiger partial charge in [0.25, 0.3) is 0 Å². The number of nitrogens with zero attached hydrogens (tertiary/aromatic N) is 3. The predicted molar refractivity (Wildman–Crippen MR) is 125 cm³/mol. The highest BCUT2D eigenvalue weighted by Crippen LogP contribution is 2.26. The summed E-state index contributed by atoms with van der Waals surface area (Å²) in [6.45, 7) is 6.07. The minimum Gasteiger partial charge on any atom is -0.356 e. The average molecular weight is 455 g/mol. The summed E-state index contributed by atoms with van der Waals surface area (Å²) in [6, 6.07) is 15.0. The normalized spacial score (nSPS) is 15.8. The van der Waals surface area contributed by atoms with E-state index < -0.39 is 10.0 Å². The molecule has 1 aromatic heterocycles. The maximum absolute atomic E-state index is 13.1. The summed E-state index contributed by atoms with van der Waals surface area (Å²) in [5, 5.41) is 9.36. The molecule has 2 heterocycles. The van der Waals surface area contributed by atoms with Crippen molar-refractivity contribution in [2.24, 2.45) is 5.92 Å². The van der Waals surface area contributed by atoms with E-state index in [4.69, 9.17) is 0 Å². The van der Waals surface area contributed by atoms with Crippen LogP contribution >= 0.6 is 0 Å². The van der Waals surface area contributed by atoms with Gasteiger partial charge in [-0.05, 0) is 62.1 Å². The van der Waals surface area contributed by atoms with Crippen LogP contribution in [0.4, 0.5) is 0 Å². The molecule has 1 fully saturated rings. The van der Waals surface area contributed by atoms with Crippen LogP contribution in [0.3, 0.4) is 0 Å². The van der Waals surface area contributed by atoms with Gasteiger partial charge < -0.3 is 5.32 Å². The minimum absolute atomic E-state index is 0.0149. The average Bonchev–Trinajstić information content (AvgIpc) is 3.13. The van der Waals surface area contributed by atoms with Crippen LogP contribution in [0.25, 0.3) is 10.8 Å². The molecule has 170 valence electrons. The number of carbonyl (C=O) groups is 1. The van der Waals surface area contributed by atoms with E-state index in [0.29, 0.717) is 37.4 Å². The van der Waals surface area contributed by atoms with Gasteiger partial charge in [0.2, 0.25) is 15.9 Å². The molecule has 8 heteroatoms. The maximum atomic E-state index is 13.1. The Balaban J connectivity index is 1.28. The monoisotopic (exact) mass is 454 g/mol. The molecule has 7 nitrogen and oxygen atoms in total. The lowest BCUT2D eigenvalue weighted by atomic mass is 9.97. The van der Waals surface area contributed by atoms with E-state index in [1.54, 1.807) is 12.1 Å². The van der Waals surface area contributed by atoms with Crippen molar-refractivity contribution >= 4 is 26.7 Å². The molecule has 0 unspecified atom stereocenters. The molecule has 0 aliphatic carbocycles. The fourth-order valence-electron chi connectivity index (χ4n) is 4.32. The van der Waals surface area contributed by atoms with E-state index in [1.165, 1.54) is 4.31 Å². The van der Waals surface area contributed by atoms with E-state index in [9.17, 15) is 13.2 Å². The van der Waals surface area contributed by atoms with Gasteiger partial charge in [-0.2, -0.15) is 9.40 Å². The number of nitrogens with one attached hydrogen (secondary N) is 1. The van der Waals surface area contributed by atoms with Crippen molar-refractivity contribution < 1.29 is 13.2 Å². The number of benzene rings is 2. The second-order valence-corrected chi connectivity index (χ2v) is 10.4. The standard InChI is InChI=1S/C24H30N4O3S/c1-18-16-19(2)28(26-18)13-5-12-25-24(29)21-10-14-27(15-11-21)32(30,31)23-9-8-20-6-3-4-7-22(20)17-23/h3-4,6-9,16-17,21H,5,10-15H2,1-2H3,(H,25,29). The first-order chi connectivity index (χ1) is 15.3. The van der Waals surface area contributed by atoms with Gasteiger partial charge >= 0.3 is 0 Å². The van der Waals surface area contributed by atoms with Gasteiger partial charge in [0.1, 0.15) is 0 Å². The minimum atomic E-state index is -3.56. The molecule has 3 aromatic rings. The largest absolute Gasteiger partial charge is 0.356 e. The number of sulfonamides is 1. The number of aromatic nitrogens is 2. The molecule has 32 heavy (non-hydrogen) atoms. The first-order valence-electron chi connectivity index (χ1n) is 11.1. The number of hydrogen-bond donors (Lipinski definition) is 1. The third-order valence-electron chi connectivity index (χ3n) is 6.13. The SMILES string of the molecule is Cc1cc(C)n(CCCNC(=O)C2CCN(S(=O)(=O)c3ccc4ccccc4c3)CC2)n1. The number of carbonyl (C=O) groups excluding carboxylic acids is 1. The number of fused-ring (bicyclic) bond motifs is 1. The Bertz CT molecular complexity index is 1210. The molecule has 1 saturated heterocycles. The highest BCUT2D eigenvalue weighted by molar-refractivity contribution is 7.89. The van der Waals surface area contributed by atoms with E-state index in [-0.39, 0.29) is 11.8 Å². The second kappa shape index (κ2) is 9.42. The number of amides is 1. The van der Waals surface area contributed by atoms with Gasteiger partial charge in [0.15, 0.2) is 0 Å². The fraction of sp³-hybridized carbons (Fsp3) is 0.417. The Morgan fingerprint density at radius 3 is 2.47 bits per heavy atom. The number of piperidine rings is 1. The fourth-order valence-corrected chi connectivity index (χ4v) is 5.83. The molecule has 0 bridgehead atoms. The summed E-state index contributed by atoms with van der Waals surface area (Å²) in [5.74, 6) is -0.132. The van der Waals surface area contributed by atoms with Gasteiger partial charge in [-0.25, -0.2) is 8.42 Å². The lowest BCUT2D eigenvalue weighted by molar-refractivity contribution is -0.126. The summed E-state index contributed by atoms with van der Waals surface area (Å²) in [4.78, 5) is 12.9. The summed E-state index contributed by atoms with van der Waals surface area (Å²) < 4.78 is 29.7. The lowest BCUT2D eigenvalue weighted by Crippen LogP contribution is -2.43. The van der Waals surface area contributed by atoms with Gasteiger partial charge in [0.05, 0.1) is 10.6 Å². The van der Waals surface area contributed by atoms with Crippen molar-refractivity contribution in [3.63, 3.8) is 0 Å². The Morgan fingerprint density at radius 1 is 1.06 bits per heavy atom. The summed E-state index contributed by atoms with van der Waals surface area (Å²) in [6.07, 6.45) is 1.88. The van der Waals surface area contributed by atoms with Crippen molar-refractivity contribution in [3.8, 4) is 0 Å². The highest BCUT2D eigenvalue weighted by Gasteiger charge is 2.32. The van der Waals surface area contributed by atoms with E-state index in [2.05, 4.69) is 10.4 Å². The smallest absolute Gasteiger partial charge is 0.243 e. The van der Waals surface area contributed by atoms with Crippen molar-refractivity contribution in [1.29, 1.82) is 0 Å². The molecule has 1 aliphatic rings. The number of hydrogen-bond acceptors (Lipinski definition) is 4. The van der Waals surface area contributed by atoms with E-state index >= 15 is 0 Å². The van der Waals surface area contributed by atoms with Crippen LogP contribution < -0.4 is 5.32 Å². The van der Waals surface area contributed by atoms with Crippen LogP contribution in [0.2, 0.25) is 0 Å². The van der Waals surface area contributed by atoms with E-state index in [1.807, 2.05) is 54.9 Å². The van der Waals surface area contributed by atoms with E-state index in [0.717, 1.165) is 35.1 Å². The van der Waals surface area contributed by atoms with Crippen LogP contribution in [-0.2, 0) is 21.4 Å². The first-order valence-corrected chi connectivity index (χ1v) is 12.6. The summed E-state index contributed by atoms with van der Waals surface area (Å²) >= 11 is 0. The van der Waals surface area contributed by atoms with Gasteiger partial charge in [-0.15, -0.1) is 0 Å². The molecule has 0 atom stereocenters. The predicted octanol–water partition coefficient (Wildman–Crippen LogP) is 3.26. The molecular weight excluding hydrogens is 424 g/mol. The first kappa shape index (κ1) is 22.5. The highest BCUT2D eigenvalue weighted by atomic mass is 32.2. The molecule has 1 N–H and O–H groups in total. The van der Waals surface area contributed by atoms with Gasteiger partial charge in [0, 0.05) is 37.8 Å². The van der Waals surface area contributed by atoms with Crippen molar-refractivity contribution in [2.75, 3.05) is 19.6 Å². The number of rotatable bonds is 7. The van der Waals surface area contributed by atoms with Crippen LogP contribution in [-0.4, -0.2) is 48.0 Å². The Morgan fingerprint density at radius 2 is 1.78 bits per heavy atom.